The molecule has 0 aromatic rings. The maximum Gasteiger partial charge on any atom is 0.342 e. The Labute approximate surface area is 125 Å². The van der Waals surface area contributed by atoms with Crippen LogP contribution in [0.3, 0.4) is 0 Å². The first-order valence-corrected chi connectivity index (χ1v) is 8.67. The molecule has 0 radical (unpaired) electrons. The Balaban J connectivity index is 2.40. The predicted octanol–water partition coefficient (Wildman–Crippen LogP) is -1.45. The minimum atomic E-state index is -4.11. The van der Waals surface area contributed by atoms with Crippen molar-refractivity contribution in [2.45, 2.75) is 29.7 Å². The third kappa shape index (κ3) is 2.99. The summed E-state index contributed by atoms with van der Waals surface area (Å²) in [5.41, 5.74) is -2.24. The molecule has 11 heteroatoms. The number of thioether (sulfide) groups is 1. The van der Waals surface area contributed by atoms with E-state index < -0.39 is 39.5 Å². The number of carbonyl (C=O) groups is 3. The van der Waals surface area contributed by atoms with E-state index in [0.29, 0.717) is 0 Å². The number of rotatable bonds is 4. The van der Waals surface area contributed by atoms with Crippen LogP contribution in [0.25, 0.3) is 0 Å². The molecular weight excluding hydrogens is 324 g/mol. The second kappa shape index (κ2) is 5.14. The van der Waals surface area contributed by atoms with E-state index >= 15 is 0 Å². The van der Waals surface area contributed by atoms with Gasteiger partial charge in [-0.1, -0.05) is 0 Å². The Morgan fingerprint density at radius 2 is 2.14 bits per heavy atom. The smallest absolute Gasteiger partial charge is 0.342 e. The van der Waals surface area contributed by atoms with Crippen molar-refractivity contribution >= 4 is 39.7 Å². The molecule has 2 fully saturated rings. The lowest BCUT2D eigenvalue weighted by atomic mass is 9.99. The largest absolute Gasteiger partial charge is 0.479 e. The number of hydrogen-bond donors (Lipinski definition) is 2. The van der Waals surface area contributed by atoms with Crippen molar-refractivity contribution in [3.63, 3.8) is 0 Å². The van der Waals surface area contributed by atoms with Crippen LogP contribution in [0.1, 0.15) is 13.3 Å². The third-order valence-electron chi connectivity index (χ3n) is 3.14. The lowest BCUT2D eigenvalue weighted by molar-refractivity contribution is -0.164. The van der Waals surface area contributed by atoms with Gasteiger partial charge in [-0.3, -0.25) is 9.59 Å². The normalized spacial score (nSPS) is 32.1. The average molecular weight is 338 g/mol. The molecule has 2 N–H and O–H groups in total. The molecule has 2 rings (SSSR count). The molecule has 0 spiro atoms. The number of carbonyl (C=O) groups excluding carboxylic acids is 2. The molecule has 21 heavy (non-hydrogen) atoms. The SMILES string of the molecule is CC(=O)NC1S[C@@H]2CC(=O)N2CC1(OS(C)(=O)=O)C(=O)O. The van der Waals surface area contributed by atoms with Gasteiger partial charge in [0.2, 0.25) is 17.4 Å². The molecule has 118 valence electrons. The van der Waals surface area contributed by atoms with Crippen LogP contribution < -0.4 is 5.32 Å². The first-order valence-electron chi connectivity index (χ1n) is 5.91. The highest BCUT2D eigenvalue weighted by Crippen LogP contribution is 2.43. The second-order valence-electron chi connectivity index (χ2n) is 4.88. The lowest BCUT2D eigenvalue weighted by Crippen LogP contribution is -2.71. The molecule has 0 bridgehead atoms. The monoisotopic (exact) mass is 338 g/mol. The van der Waals surface area contributed by atoms with Crippen molar-refractivity contribution in [2.24, 2.45) is 0 Å². The van der Waals surface area contributed by atoms with Crippen molar-refractivity contribution in [2.75, 3.05) is 12.8 Å². The van der Waals surface area contributed by atoms with Crippen LogP contribution in [-0.2, 0) is 28.7 Å². The topological polar surface area (TPSA) is 130 Å². The van der Waals surface area contributed by atoms with Crippen molar-refractivity contribution in [1.82, 2.24) is 10.2 Å². The third-order valence-corrected chi connectivity index (χ3v) is 5.24. The Kier molecular flexibility index (Phi) is 3.93. The minimum Gasteiger partial charge on any atom is -0.479 e. The standard InChI is InChI=1S/C10H14N2O7S2/c1-5(13)11-8-10(9(15)16,19-21(2,17)18)4-12-6(14)3-7(12)20-8/h7-8H,3-4H2,1-2H3,(H,11,13)(H,15,16)/t7-,8?,10?/m1/s1. The molecule has 3 atom stereocenters. The fourth-order valence-electron chi connectivity index (χ4n) is 2.23. The van der Waals surface area contributed by atoms with Crippen LogP contribution in [0.5, 0.6) is 0 Å². The van der Waals surface area contributed by atoms with Gasteiger partial charge in [-0.25, -0.2) is 8.98 Å². The molecule has 9 nitrogen and oxygen atoms in total. The minimum absolute atomic E-state index is 0.218. The van der Waals surface area contributed by atoms with Crippen molar-refractivity contribution < 1.29 is 32.1 Å². The maximum absolute atomic E-state index is 11.6. The van der Waals surface area contributed by atoms with Crippen LogP contribution in [0.2, 0.25) is 0 Å². The van der Waals surface area contributed by atoms with Gasteiger partial charge in [-0.2, -0.15) is 8.42 Å². The Morgan fingerprint density at radius 1 is 1.52 bits per heavy atom. The van der Waals surface area contributed by atoms with E-state index in [2.05, 4.69) is 5.32 Å². The van der Waals surface area contributed by atoms with E-state index in [4.69, 9.17) is 4.18 Å². The number of hydrogen-bond acceptors (Lipinski definition) is 7. The Morgan fingerprint density at radius 3 is 2.57 bits per heavy atom. The van der Waals surface area contributed by atoms with E-state index in [1.165, 1.54) is 11.8 Å². The van der Waals surface area contributed by atoms with Gasteiger partial charge in [0, 0.05) is 6.92 Å². The molecular formula is C10H14N2O7S2. The van der Waals surface area contributed by atoms with E-state index in [9.17, 15) is 27.9 Å². The molecule has 2 amide bonds. The highest BCUT2D eigenvalue weighted by molar-refractivity contribution is 8.00. The van der Waals surface area contributed by atoms with Gasteiger partial charge in [0.1, 0.15) is 5.37 Å². The van der Waals surface area contributed by atoms with E-state index in [1.807, 2.05) is 0 Å². The first kappa shape index (κ1) is 16.0. The molecule has 2 saturated heterocycles. The number of fused-ring (bicyclic) bond motifs is 1. The number of carboxylic acids is 1. The first-order chi connectivity index (χ1) is 9.55. The summed E-state index contributed by atoms with van der Waals surface area (Å²) in [5.74, 6) is -2.36. The fraction of sp³-hybridized carbons (Fsp3) is 0.700. The van der Waals surface area contributed by atoms with Crippen LogP contribution in [0, 0.1) is 0 Å². The predicted molar refractivity (Wildman–Crippen MR) is 71.6 cm³/mol. The second-order valence-corrected chi connectivity index (χ2v) is 7.74. The summed E-state index contributed by atoms with van der Waals surface area (Å²) in [4.78, 5) is 35.6. The zero-order valence-corrected chi connectivity index (χ0v) is 12.9. The van der Waals surface area contributed by atoms with Gasteiger partial charge in [-0.15, -0.1) is 11.8 Å². The highest BCUT2D eigenvalue weighted by Gasteiger charge is 2.60. The fourth-order valence-corrected chi connectivity index (χ4v) is 4.62. The van der Waals surface area contributed by atoms with Gasteiger partial charge in [0.15, 0.2) is 0 Å². The molecule has 0 aromatic carbocycles. The molecule has 0 aromatic heterocycles. The summed E-state index contributed by atoms with van der Waals surface area (Å²) < 4.78 is 27.6. The number of nitrogens with one attached hydrogen (secondary N) is 1. The molecule has 2 heterocycles. The lowest BCUT2D eigenvalue weighted by Gasteiger charge is -2.52. The summed E-state index contributed by atoms with van der Waals surface area (Å²) in [6, 6.07) is 0. The van der Waals surface area contributed by atoms with E-state index in [1.54, 1.807) is 0 Å². The van der Waals surface area contributed by atoms with Crippen LogP contribution in [-0.4, -0.2) is 65.4 Å². The van der Waals surface area contributed by atoms with Crippen LogP contribution in [0.15, 0.2) is 0 Å². The van der Waals surface area contributed by atoms with Crippen molar-refractivity contribution in [3.05, 3.63) is 0 Å². The zero-order chi connectivity index (χ0) is 16.0. The van der Waals surface area contributed by atoms with Crippen molar-refractivity contribution in [1.29, 1.82) is 0 Å². The van der Waals surface area contributed by atoms with Crippen LogP contribution >= 0.6 is 11.8 Å². The molecule has 2 aliphatic rings. The van der Waals surface area contributed by atoms with E-state index in [-0.39, 0.29) is 17.7 Å². The number of β-lactam (4-membered cyclic amide) rings is 1. The average Bonchev–Trinajstić information content (AvgIpc) is 2.29. The van der Waals surface area contributed by atoms with Gasteiger partial charge in [0.05, 0.1) is 24.6 Å². The summed E-state index contributed by atoms with van der Waals surface area (Å²) in [5, 5.41) is 10.4. The summed E-state index contributed by atoms with van der Waals surface area (Å²) in [6.07, 6.45) is 0.937. The quantitative estimate of drug-likeness (QED) is 0.470. The summed E-state index contributed by atoms with van der Waals surface area (Å²) in [7, 11) is -4.11. The highest BCUT2D eigenvalue weighted by atomic mass is 32.2. The Hall–Kier alpha value is -1.33. The summed E-state index contributed by atoms with van der Waals surface area (Å²) in [6.45, 7) is 0.753. The molecule has 2 unspecified atom stereocenters. The molecule has 0 saturated carbocycles. The van der Waals surface area contributed by atoms with Crippen molar-refractivity contribution in [3.8, 4) is 0 Å². The maximum atomic E-state index is 11.6. The molecule has 0 aliphatic carbocycles. The Bertz CT molecular complexity index is 605. The van der Waals surface area contributed by atoms with Gasteiger partial charge in [-0.05, 0) is 0 Å². The number of nitrogens with zero attached hydrogens (tertiary/aromatic N) is 1. The van der Waals surface area contributed by atoms with Gasteiger partial charge in [0.25, 0.3) is 10.1 Å². The van der Waals surface area contributed by atoms with Gasteiger partial charge < -0.3 is 15.3 Å². The number of carboxylic acid groups (broad SMARTS) is 1. The summed E-state index contributed by atoms with van der Waals surface area (Å²) >= 11 is 0.992. The number of aliphatic carboxylic acids is 1. The van der Waals surface area contributed by atoms with Gasteiger partial charge >= 0.3 is 5.97 Å². The van der Waals surface area contributed by atoms with Crippen LogP contribution in [0.4, 0.5) is 0 Å². The zero-order valence-electron chi connectivity index (χ0n) is 11.2. The number of amides is 2. The molecule has 2 aliphatic heterocycles. The van der Waals surface area contributed by atoms with E-state index in [0.717, 1.165) is 18.0 Å².